The van der Waals surface area contributed by atoms with Gasteiger partial charge in [0.2, 0.25) is 0 Å². The minimum Gasteiger partial charge on any atom is -0.354 e. The number of rotatable bonds is 4. The highest BCUT2D eigenvalue weighted by molar-refractivity contribution is 14.0. The Bertz CT molecular complexity index is 411. The molecule has 1 heterocycles. The first-order valence-corrected chi connectivity index (χ1v) is 8.42. The summed E-state index contributed by atoms with van der Waals surface area (Å²) in [4.78, 5) is 8.58. The lowest BCUT2D eigenvalue weighted by Gasteiger charge is -2.32. The largest absolute Gasteiger partial charge is 0.354 e. The van der Waals surface area contributed by atoms with E-state index in [-0.39, 0.29) is 24.0 Å². The SMILES string of the molecule is CN=C(NCc1nccs1)NC1CCC(C(C)C)CC1.I. The van der Waals surface area contributed by atoms with Crippen molar-refractivity contribution in [1.82, 2.24) is 15.6 Å². The van der Waals surface area contributed by atoms with Gasteiger partial charge in [0.05, 0.1) is 6.54 Å². The predicted molar refractivity (Wildman–Crippen MR) is 101 cm³/mol. The zero-order valence-electron chi connectivity index (χ0n) is 13.1. The van der Waals surface area contributed by atoms with Crippen LogP contribution in [0.5, 0.6) is 0 Å². The number of aliphatic imine (C=N–C) groups is 1. The van der Waals surface area contributed by atoms with Crippen molar-refractivity contribution in [2.75, 3.05) is 7.05 Å². The number of hydrogen-bond donors (Lipinski definition) is 2. The van der Waals surface area contributed by atoms with Gasteiger partial charge in [0.15, 0.2) is 5.96 Å². The van der Waals surface area contributed by atoms with Gasteiger partial charge in [-0.1, -0.05) is 13.8 Å². The van der Waals surface area contributed by atoms with Crippen molar-refractivity contribution in [3.63, 3.8) is 0 Å². The predicted octanol–water partition coefficient (Wildman–Crippen LogP) is 3.64. The smallest absolute Gasteiger partial charge is 0.191 e. The molecule has 0 atom stereocenters. The van der Waals surface area contributed by atoms with Crippen molar-refractivity contribution in [3.8, 4) is 0 Å². The van der Waals surface area contributed by atoms with E-state index >= 15 is 0 Å². The minimum absolute atomic E-state index is 0. The van der Waals surface area contributed by atoms with Gasteiger partial charge in [-0.3, -0.25) is 4.99 Å². The van der Waals surface area contributed by atoms with Gasteiger partial charge in [-0.2, -0.15) is 0 Å². The van der Waals surface area contributed by atoms with Crippen molar-refractivity contribution in [1.29, 1.82) is 0 Å². The lowest BCUT2D eigenvalue weighted by molar-refractivity contribution is 0.250. The molecule has 0 amide bonds. The Balaban J connectivity index is 0.00000220. The second-order valence-electron chi connectivity index (χ2n) is 5.85. The molecule has 2 rings (SSSR count). The molecule has 4 nitrogen and oxygen atoms in total. The summed E-state index contributed by atoms with van der Waals surface area (Å²) in [6, 6.07) is 0.562. The molecule has 1 saturated carbocycles. The summed E-state index contributed by atoms with van der Waals surface area (Å²) in [6.07, 6.45) is 7.00. The van der Waals surface area contributed by atoms with Crippen molar-refractivity contribution >= 4 is 41.3 Å². The molecule has 0 radical (unpaired) electrons. The lowest BCUT2D eigenvalue weighted by Crippen LogP contribution is -2.44. The number of hydrogen-bond acceptors (Lipinski definition) is 3. The number of nitrogens with zero attached hydrogens (tertiary/aromatic N) is 2. The lowest BCUT2D eigenvalue weighted by atomic mass is 9.80. The molecule has 1 aromatic rings. The monoisotopic (exact) mass is 422 g/mol. The molecule has 0 bridgehead atoms. The van der Waals surface area contributed by atoms with Crippen LogP contribution in [0.2, 0.25) is 0 Å². The number of halogens is 1. The summed E-state index contributed by atoms with van der Waals surface area (Å²) in [5, 5.41) is 9.98. The maximum absolute atomic E-state index is 4.31. The molecule has 1 fully saturated rings. The van der Waals surface area contributed by atoms with E-state index < -0.39 is 0 Å². The zero-order chi connectivity index (χ0) is 14.4. The highest BCUT2D eigenvalue weighted by Gasteiger charge is 2.23. The van der Waals surface area contributed by atoms with Crippen LogP contribution < -0.4 is 10.6 Å². The van der Waals surface area contributed by atoms with Crippen LogP contribution in [0.25, 0.3) is 0 Å². The summed E-state index contributed by atoms with van der Waals surface area (Å²) in [7, 11) is 1.83. The highest BCUT2D eigenvalue weighted by Crippen LogP contribution is 2.29. The van der Waals surface area contributed by atoms with E-state index in [0.29, 0.717) is 6.04 Å². The van der Waals surface area contributed by atoms with Gasteiger partial charge in [-0.05, 0) is 37.5 Å². The number of guanidine groups is 1. The first-order chi connectivity index (χ1) is 9.69. The fourth-order valence-electron chi connectivity index (χ4n) is 2.82. The highest BCUT2D eigenvalue weighted by atomic mass is 127. The molecular formula is C15H27IN4S. The van der Waals surface area contributed by atoms with E-state index in [4.69, 9.17) is 0 Å². The second kappa shape index (κ2) is 9.61. The van der Waals surface area contributed by atoms with Crippen LogP contribution in [0.15, 0.2) is 16.6 Å². The average Bonchev–Trinajstić information content (AvgIpc) is 2.97. The quantitative estimate of drug-likeness (QED) is 0.443. The Hall–Kier alpha value is -0.370. The second-order valence-corrected chi connectivity index (χ2v) is 6.83. The van der Waals surface area contributed by atoms with Crippen LogP contribution in [-0.2, 0) is 6.54 Å². The van der Waals surface area contributed by atoms with Gasteiger partial charge in [0.1, 0.15) is 5.01 Å². The van der Waals surface area contributed by atoms with Crippen molar-refractivity contribution < 1.29 is 0 Å². The van der Waals surface area contributed by atoms with Crippen molar-refractivity contribution in [2.24, 2.45) is 16.8 Å². The average molecular weight is 422 g/mol. The fourth-order valence-corrected chi connectivity index (χ4v) is 3.37. The van der Waals surface area contributed by atoms with Crippen LogP contribution in [-0.4, -0.2) is 24.0 Å². The molecule has 0 unspecified atom stereocenters. The molecular weight excluding hydrogens is 395 g/mol. The standard InChI is InChI=1S/C15H26N4S.HI/c1-11(2)12-4-6-13(7-5-12)19-15(16-3)18-10-14-17-8-9-20-14;/h8-9,11-13H,4-7,10H2,1-3H3,(H2,16,18,19);1H. The maximum Gasteiger partial charge on any atom is 0.191 e. The third-order valence-corrected chi connectivity index (χ3v) is 4.95. The molecule has 21 heavy (non-hydrogen) atoms. The summed E-state index contributed by atoms with van der Waals surface area (Å²) in [6.45, 7) is 5.43. The molecule has 0 spiro atoms. The first-order valence-electron chi connectivity index (χ1n) is 7.54. The van der Waals surface area contributed by atoms with E-state index in [1.54, 1.807) is 11.3 Å². The van der Waals surface area contributed by atoms with Crippen molar-refractivity contribution in [2.45, 2.75) is 52.1 Å². The summed E-state index contributed by atoms with van der Waals surface area (Å²) >= 11 is 1.67. The van der Waals surface area contributed by atoms with Crippen LogP contribution >= 0.6 is 35.3 Å². The molecule has 0 aromatic carbocycles. The number of nitrogens with one attached hydrogen (secondary N) is 2. The van der Waals surface area contributed by atoms with Gasteiger partial charge in [0.25, 0.3) is 0 Å². The van der Waals surface area contributed by atoms with E-state index in [0.717, 1.165) is 29.3 Å². The normalized spacial score (nSPS) is 22.8. The topological polar surface area (TPSA) is 49.3 Å². The van der Waals surface area contributed by atoms with E-state index in [1.165, 1.54) is 25.7 Å². The summed E-state index contributed by atoms with van der Waals surface area (Å²) in [5.74, 6) is 2.62. The van der Waals surface area contributed by atoms with Gasteiger partial charge < -0.3 is 10.6 Å². The molecule has 120 valence electrons. The molecule has 2 N–H and O–H groups in total. The molecule has 0 aliphatic heterocycles. The minimum atomic E-state index is 0. The van der Waals surface area contributed by atoms with Crippen LogP contribution in [0.3, 0.4) is 0 Å². The Labute approximate surface area is 149 Å². The van der Waals surface area contributed by atoms with Gasteiger partial charge >= 0.3 is 0 Å². The summed E-state index contributed by atoms with van der Waals surface area (Å²) < 4.78 is 0. The van der Waals surface area contributed by atoms with Crippen LogP contribution in [0, 0.1) is 11.8 Å². The third kappa shape index (κ3) is 6.10. The molecule has 1 aliphatic rings. The van der Waals surface area contributed by atoms with Gasteiger partial charge in [-0.15, -0.1) is 35.3 Å². The molecule has 0 saturated heterocycles. The maximum atomic E-state index is 4.31. The molecule has 1 aliphatic carbocycles. The fraction of sp³-hybridized carbons (Fsp3) is 0.733. The van der Waals surface area contributed by atoms with Gasteiger partial charge in [0, 0.05) is 24.7 Å². The summed E-state index contributed by atoms with van der Waals surface area (Å²) in [5.41, 5.74) is 0. The number of aromatic nitrogens is 1. The van der Waals surface area contributed by atoms with Crippen LogP contribution in [0.4, 0.5) is 0 Å². The van der Waals surface area contributed by atoms with Crippen molar-refractivity contribution in [3.05, 3.63) is 16.6 Å². The Kier molecular flexibility index (Phi) is 8.55. The Morgan fingerprint density at radius 2 is 2.10 bits per heavy atom. The molecule has 1 aromatic heterocycles. The Morgan fingerprint density at radius 3 is 2.62 bits per heavy atom. The third-order valence-electron chi connectivity index (χ3n) is 4.17. The van der Waals surface area contributed by atoms with E-state index in [1.807, 2.05) is 18.6 Å². The van der Waals surface area contributed by atoms with Crippen LogP contribution in [0.1, 0.15) is 44.5 Å². The Morgan fingerprint density at radius 1 is 1.38 bits per heavy atom. The first kappa shape index (κ1) is 18.7. The van der Waals surface area contributed by atoms with Gasteiger partial charge in [-0.25, -0.2) is 4.98 Å². The molecule has 6 heteroatoms. The van der Waals surface area contributed by atoms with E-state index in [2.05, 4.69) is 34.5 Å². The van der Waals surface area contributed by atoms with E-state index in [9.17, 15) is 0 Å². The number of thiazole rings is 1. The zero-order valence-corrected chi connectivity index (χ0v) is 16.3.